The van der Waals surface area contributed by atoms with Gasteiger partial charge in [-0.05, 0) is 35.7 Å². The third kappa shape index (κ3) is 1.93. The second kappa shape index (κ2) is 4.35. The maximum Gasteiger partial charge on any atom is 0.150 e. The number of rotatable bonds is 2. The van der Waals surface area contributed by atoms with Crippen molar-refractivity contribution in [2.75, 3.05) is 0 Å². The molecule has 3 nitrogen and oxygen atoms in total. The Labute approximate surface area is 111 Å². The predicted molar refractivity (Wildman–Crippen MR) is 76.3 cm³/mol. The summed E-state index contributed by atoms with van der Waals surface area (Å²) in [6.07, 6.45) is 2.68. The lowest BCUT2D eigenvalue weighted by molar-refractivity contribution is 0.112. The zero-order valence-corrected chi connectivity index (χ0v) is 10.9. The molecule has 0 saturated carbocycles. The third-order valence-electron chi connectivity index (χ3n) is 3.43. The summed E-state index contributed by atoms with van der Waals surface area (Å²) in [4.78, 5) is 15.1. The first-order valence-corrected chi connectivity index (χ1v) is 6.16. The molecule has 3 heteroatoms. The molecule has 0 radical (unpaired) electrons. The van der Waals surface area contributed by atoms with Crippen LogP contribution in [0.15, 0.2) is 42.7 Å². The molecule has 1 heterocycles. The number of aldehydes is 1. The van der Waals surface area contributed by atoms with E-state index in [1.165, 1.54) is 11.1 Å². The zero-order valence-electron chi connectivity index (χ0n) is 10.9. The SMILES string of the molecule is Cc1cc2ncn(C)c2cc1-c1ccc(C=O)cc1. The second-order valence-corrected chi connectivity index (χ2v) is 4.75. The van der Waals surface area contributed by atoms with E-state index in [1.54, 1.807) is 0 Å². The molecule has 0 amide bonds. The van der Waals surface area contributed by atoms with Crippen molar-refractivity contribution in [3.8, 4) is 11.1 Å². The van der Waals surface area contributed by atoms with Crippen LogP contribution in [0.3, 0.4) is 0 Å². The molecule has 3 aromatic rings. The van der Waals surface area contributed by atoms with Crippen LogP contribution in [0.25, 0.3) is 22.2 Å². The van der Waals surface area contributed by atoms with Crippen LogP contribution in [0.2, 0.25) is 0 Å². The number of carbonyl (C=O) groups is 1. The molecule has 19 heavy (non-hydrogen) atoms. The van der Waals surface area contributed by atoms with E-state index < -0.39 is 0 Å². The van der Waals surface area contributed by atoms with Crippen molar-refractivity contribution in [1.29, 1.82) is 0 Å². The Morgan fingerprint density at radius 3 is 2.58 bits per heavy atom. The van der Waals surface area contributed by atoms with Crippen LogP contribution in [0.4, 0.5) is 0 Å². The Morgan fingerprint density at radius 2 is 1.89 bits per heavy atom. The Bertz CT molecular complexity index is 754. The van der Waals surface area contributed by atoms with Gasteiger partial charge in [-0.15, -0.1) is 0 Å². The summed E-state index contributed by atoms with van der Waals surface area (Å²) in [5, 5.41) is 0. The molecule has 2 aromatic carbocycles. The normalized spacial score (nSPS) is 10.8. The molecule has 0 bridgehead atoms. The van der Waals surface area contributed by atoms with Gasteiger partial charge in [-0.25, -0.2) is 4.98 Å². The summed E-state index contributed by atoms with van der Waals surface area (Å²) in [5.41, 5.74) is 6.29. The van der Waals surface area contributed by atoms with Crippen molar-refractivity contribution in [3.05, 3.63) is 53.9 Å². The van der Waals surface area contributed by atoms with Gasteiger partial charge in [0.25, 0.3) is 0 Å². The van der Waals surface area contributed by atoms with E-state index in [-0.39, 0.29) is 0 Å². The summed E-state index contributed by atoms with van der Waals surface area (Å²) in [5.74, 6) is 0. The zero-order chi connectivity index (χ0) is 13.4. The molecule has 0 aliphatic rings. The van der Waals surface area contributed by atoms with Crippen molar-refractivity contribution in [3.63, 3.8) is 0 Å². The molecule has 0 aliphatic carbocycles. The van der Waals surface area contributed by atoms with Gasteiger partial charge in [-0.1, -0.05) is 24.3 Å². The Balaban J connectivity index is 2.19. The molecule has 94 valence electrons. The number of hydrogen-bond acceptors (Lipinski definition) is 2. The first-order chi connectivity index (χ1) is 9.19. The summed E-state index contributed by atoms with van der Waals surface area (Å²) >= 11 is 0. The average Bonchev–Trinajstić information content (AvgIpc) is 2.79. The molecule has 1 aromatic heterocycles. The minimum Gasteiger partial charge on any atom is -0.334 e. The van der Waals surface area contributed by atoms with E-state index in [0.717, 1.165) is 22.9 Å². The molecule has 0 atom stereocenters. The highest BCUT2D eigenvalue weighted by Crippen LogP contribution is 2.27. The molecular formula is C16H14N2O. The number of hydrogen-bond donors (Lipinski definition) is 0. The van der Waals surface area contributed by atoms with Crippen molar-refractivity contribution in [1.82, 2.24) is 9.55 Å². The lowest BCUT2D eigenvalue weighted by atomic mass is 9.99. The van der Waals surface area contributed by atoms with Crippen LogP contribution in [-0.2, 0) is 7.05 Å². The van der Waals surface area contributed by atoms with Gasteiger partial charge in [-0.3, -0.25) is 4.79 Å². The van der Waals surface area contributed by atoms with Crippen LogP contribution in [-0.4, -0.2) is 15.8 Å². The number of imidazole rings is 1. The standard InChI is InChI=1S/C16H14N2O/c1-11-7-15-16(18(2)10-17-15)8-14(11)13-5-3-12(9-19)4-6-13/h3-10H,1-2H3. The fraction of sp³-hybridized carbons (Fsp3) is 0.125. The number of aromatic nitrogens is 2. The third-order valence-corrected chi connectivity index (χ3v) is 3.43. The van der Waals surface area contributed by atoms with E-state index in [0.29, 0.717) is 5.56 Å². The summed E-state index contributed by atoms with van der Waals surface area (Å²) in [6.45, 7) is 2.08. The fourth-order valence-electron chi connectivity index (χ4n) is 2.33. The van der Waals surface area contributed by atoms with Gasteiger partial charge in [-0.2, -0.15) is 0 Å². The number of carbonyl (C=O) groups excluding carboxylic acids is 1. The second-order valence-electron chi connectivity index (χ2n) is 4.75. The first-order valence-electron chi connectivity index (χ1n) is 6.16. The lowest BCUT2D eigenvalue weighted by Crippen LogP contribution is -1.88. The predicted octanol–water partition coefficient (Wildman–Crippen LogP) is 3.36. The van der Waals surface area contributed by atoms with Crippen LogP contribution in [0.5, 0.6) is 0 Å². The van der Waals surface area contributed by atoms with Crippen LogP contribution in [0.1, 0.15) is 15.9 Å². The molecular weight excluding hydrogens is 236 g/mol. The van der Waals surface area contributed by atoms with Gasteiger partial charge in [0.15, 0.2) is 0 Å². The highest BCUT2D eigenvalue weighted by molar-refractivity contribution is 5.85. The van der Waals surface area contributed by atoms with E-state index >= 15 is 0 Å². The Morgan fingerprint density at radius 1 is 1.16 bits per heavy atom. The number of fused-ring (bicyclic) bond motifs is 1. The van der Waals surface area contributed by atoms with Gasteiger partial charge in [0, 0.05) is 12.6 Å². The number of nitrogens with zero attached hydrogens (tertiary/aromatic N) is 2. The maximum absolute atomic E-state index is 10.7. The average molecular weight is 250 g/mol. The summed E-state index contributed by atoms with van der Waals surface area (Å²) in [6, 6.07) is 11.9. The molecule has 0 saturated heterocycles. The van der Waals surface area contributed by atoms with Gasteiger partial charge >= 0.3 is 0 Å². The molecule has 0 spiro atoms. The van der Waals surface area contributed by atoms with Crippen molar-refractivity contribution < 1.29 is 4.79 Å². The molecule has 0 fully saturated rings. The Kier molecular flexibility index (Phi) is 2.67. The smallest absolute Gasteiger partial charge is 0.150 e. The van der Waals surface area contributed by atoms with Crippen molar-refractivity contribution in [2.45, 2.75) is 6.92 Å². The van der Waals surface area contributed by atoms with E-state index in [2.05, 4.69) is 24.0 Å². The largest absolute Gasteiger partial charge is 0.334 e. The molecule has 0 aliphatic heterocycles. The lowest BCUT2D eigenvalue weighted by Gasteiger charge is -2.07. The molecule has 0 unspecified atom stereocenters. The maximum atomic E-state index is 10.7. The fourth-order valence-corrected chi connectivity index (χ4v) is 2.33. The van der Waals surface area contributed by atoms with E-state index in [1.807, 2.05) is 42.2 Å². The highest BCUT2D eigenvalue weighted by Gasteiger charge is 2.07. The minimum absolute atomic E-state index is 0.697. The van der Waals surface area contributed by atoms with Crippen LogP contribution < -0.4 is 0 Å². The van der Waals surface area contributed by atoms with Gasteiger partial charge in [0.05, 0.1) is 17.4 Å². The van der Waals surface area contributed by atoms with Crippen LogP contribution in [0, 0.1) is 6.92 Å². The van der Waals surface area contributed by atoms with Gasteiger partial charge in [0.2, 0.25) is 0 Å². The van der Waals surface area contributed by atoms with Gasteiger partial charge in [0.1, 0.15) is 6.29 Å². The summed E-state index contributed by atoms with van der Waals surface area (Å²) in [7, 11) is 1.99. The van der Waals surface area contributed by atoms with Crippen molar-refractivity contribution >= 4 is 17.3 Å². The molecule has 0 N–H and O–H groups in total. The van der Waals surface area contributed by atoms with Gasteiger partial charge < -0.3 is 4.57 Å². The summed E-state index contributed by atoms with van der Waals surface area (Å²) < 4.78 is 2.01. The highest BCUT2D eigenvalue weighted by atomic mass is 16.1. The van der Waals surface area contributed by atoms with E-state index in [4.69, 9.17) is 0 Å². The number of aryl methyl sites for hydroxylation is 2. The van der Waals surface area contributed by atoms with E-state index in [9.17, 15) is 4.79 Å². The topological polar surface area (TPSA) is 34.9 Å². The Hall–Kier alpha value is -2.42. The number of benzene rings is 2. The molecule has 3 rings (SSSR count). The monoisotopic (exact) mass is 250 g/mol. The van der Waals surface area contributed by atoms with Crippen molar-refractivity contribution in [2.24, 2.45) is 7.05 Å². The minimum atomic E-state index is 0.697. The quantitative estimate of drug-likeness (QED) is 0.654. The van der Waals surface area contributed by atoms with Crippen LogP contribution >= 0.6 is 0 Å². The first kappa shape index (κ1) is 11.7.